The number of unbranched alkanes of at least 4 members (excludes halogenated alkanes) is 3. The fourth-order valence-electron chi connectivity index (χ4n) is 4.41. The zero-order valence-corrected chi connectivity index (χ0v) is 17.3. The molecule has 0 heterocycles. The number of ether oxygens (including phenoxy) is 2. The Bertz CT molecular complexity index is 469. The molecule has 2 aliphatic carbocycles. The van der Waals surface area contributed by atoms with Gasteiger partial charge in [-0.3, -0.25) is 4.79 Å². The Balaban J connectivity index is 1.61. The molecule has 0 spiro atoms. The summed E-state index contributed by atoms with van der Waals surface area (Å²) in [6.45, 7) is 4.05. The molecule has 2 fully saturated rings. The van der Waals surface area contributed by atoms with Gasteiger partial charge < -0.3 is 9.47 Å². The van der Waals surface area contributed by atoms with E-state index in [0.29, 0.717) is 0 Å². The monoisotopic (exact) mass is 378 g/mol. The molecule has 154 valence electrons. The van der Waals surface area contributed by atoms with Gasteiger partial charge in [-0.2, -0.15) is 0 Å². The highest BCUT2D eigenvalue weighted by Crippen LogP contribution is 2.32. The lowest BCUT2D eigenvalue weighted by Gasteiger charge is -2.31. The summed E-state index contributed by atoms with van der Waals surface area (Å²) >= 11 is 0. The van der Waals surface area contributed by atoms with Crippen LogP contribution >= 0.6 is 0 Å². The van der Waals surface area contributed by atoms with Crippen LogP contribution in [-0.2, 0) is 19.1 Å². The standard InChI is InChI=1S/C23H38O4/c1-3-5-6-7-9-18-10-14-21(15-11-18)27-23(25)19-12-16-20(17-13-19)26-22(24)8-4-2/h4,8,18-21H,3,5-7,9-17H2,1-2H3/b8-4+/t18-,19-,20-,21-. The molecule has 4 nitrogen and oxygen atoms in total. The first-order chi connectivity index (χ1) is 13.1. The van der Waals surface area contributed by atoms with Crippen LogP contribution in [0, 0.1) is 11.8 Å². The minimum Gasteiger partial charge on any atom is -0.462 e. The van der Waals surface area contributed by atoms with E-state index in [1.165, 1.54) is 51.0 Å². The van der Waals surface area contributed by atoms with Crippen LogP contribution in [0.2, 0.25) is 0 Å². The highest BCUT2D eigenvalue weighted by atomic mass is 16.5. The van der Waals surface area contributed by atoms with E-state index >= 15 is 0 Å². The summed E-state index contributed by atoms with van der Waals surface area (Å²) in [5.41, 5.74) is 0. The van der Waals surface area contributed by atoms with Gasteiger partial charge in [0.15, 0.2) is 0 Å². The van der Waals surface area contributed by atoms with Crippen LogP contribution in [0.1, 0.15) is 97.3 Å². The number of carbonyl (C=O) groups excluding carboxylic acids is 2. The molecule has 27 heavy (non-hydrogen) atoms. The maximum atomic E-state index is 12.5. The van der Waals surface area contributed by atoms with Gasteiger partial charge in [0.25, 0.3) is 0 Å². The summed E-state index contributed by atoms with van der Waals surface area (Å²) in [4.78, 5) is 24.0. The van der Waals surface area contributed by atoms with Gasteiger partial charge in [0.05, 0.1) is 5.92 Å². The smallest absolute Gasteiger partial charge is 0.330 e. The first-order valence-electron chi connectivity index (χ1n) is 11.2. The Hall–Kier alpha value is -1.32. The van der Waals surface area contributed by atoms with Crippen molar-refractivity contribution in [2.75, 3.05) is 0 Å². The van der Waals surface area contributed by atoms with E-state index < -0.39 is 0 Å². The largest absolute Gasteiger partial charge is 0.462 e. The van der Waals surface area contributed by atoms with Crippen LogP contribution in [0.5, 0.6) is 0 Å². The highest BCUT2D eigenvalue weighted by Gasteiger charge is 2.31. The van der Waals surface area contributed by atoms with Gasteiger partial charge in [0, 0.05) is 6.08 Å². The van der Waals surface area contributed by atoms with Crippen LogP contribution in [0.4, 0.5) is 0 Å². The van der Waals surface area contributed by atoms with E-state index in [4.69, 9.17) is 9.47 Å². The molecule has 2 aliphatic rings. The summed E-state index contributed by atoms with van der Waals surface area (Å²) < 4.78 is 11.2. The normalized spacial score (nSPS) is 28.8. The predicted molar refractivity (Wildman–Crippen MR) is 107 cm³/mol. The number of esters is 2. The maximum Gasteiger partial charge on any atom is 0.330 e. The first-order valence-corrected chi connectivity index (χ1v) is 11.2. The Morgan fingerprint density at radius 3 is 2.11 bits per heavy atom. The van der Waals surface area contributed by atoms with Crippen LogP contribution < -0.4 is 0 Å². The molecule has 0 radical (unpaired) electrons. The Kier molecular flexibility index (Phi) is 9.93. The van der Waals surface area contributed by atoms with E-state index in [9.17, 15) is 9.59 Å². The van der Waals surface area contributed by atoms with Crippen molar-refractivity contribution in [1.29, 1.82) is 0 Å². The van der Waals surface area contributed by atoms with Gasteiger partial charge in [-0.05, 0) is 64.2 Å². The van der Waals surface area contributed by atoms with Crippen molar-refractivity contribution >= 4 is 11.9 Å². The molecule has 0 aromatic carbocycles. The molecule has 0 N–H and O–H groups in total. The fraction of sp³-hybridized carbons (Fsp3) is 0.826. The molecule has 2 rings (SSSR count). The molecule has 0 bridgehead atoms. The molecule has 0 aliphatic heterocycles. The van der Waals surface area contributed by atoms with Crippen LogP contribution in [0.3, 0.4) is 0 Å². The predicted octanol–water partition coefficient (Wildman–Crippen LogP) is 5.74. The van der Waals surface area contributed by atoms with E-state index in [0.717, 1.165) is 44.4 Å². The molecule has 0 aromatic rings. The summed E-state index contributed by atoms with van der Waals surface area (Å²) in [6.07, 6.45) is 17.4. The van der Waals surface area contributed by atoms with Crippen LogP contribution in [0.15, 0.2) is 12.2 Å². The van der Waals surface area contributed by atoms with Gasteiger partial charge in [0.1, 0.15) is 12.2 Å². The van der Waals surface area contributed by atoms with Crippen LogP contribution in [0.25, 0.3) is 0 Å². The fourth-order valence-corrected chi connectivity index (χ4v) is 4.41. The SMILES string of the molecule is C/C=C/C(=O)O[C@H]1CC[C@H](C(=O)O[C@H]2CC[C@H](CCCCCC)CC2)CC1. The van der Waals surface area contributed by atoms with Gasteiger partial charge in [-0.15, -0.1) is 0 Å². The third-order valence-corrected chi connectivity index (χ3v) is 6.14. The lowest BCUT2D eigenvalue weighted by atomic mass is 9.83. The molecule has 0 amide bonds. The summed E-state index contributed by atoms with van der Waals surface area (Å²) in [5, 5.41) is 0. The van der Waals surface area contributed by atoms with Crippen molar-refractivity contribution in [2.45, 2.75) is 110 Å². The molecule has 0 atom stereocenters. The highest BCUT2D eigenvalue weighted by molar-refractivity contribution is 5.82. The third-order valence-electron chi connectivity index (χ3n) is 6.14. The number of hydrogen-bond acceptors (Lipinski definition) is 4. The third kappa shape index (κ3) is 8.06. The molecule has 0 saturated heterocycles. The molecular formula is C23H38O4. The first kappa shape index (κ1) is 22.0. The van der Waals surface area contributed by atoms with Gasteiger partial charge in [-0.25, -0.2) is 4.79 Å². The topological polar surface area (TPSA) is 52.6 Å². The lowest BCUT2D eigenvalue weighted by Crippen LogP contribution is -2.32. The average Bonchev–Trinajstić information content (AvgIpc) is 2.67. The zero-order valence-electron chi connectivity index (χ0n) is 17.3. The van der Waals surface area contributed by atoms with Crippen LogP contribution in [-0.4, -0.2) is 24.1 Å². The van der Waals surface area contributed by atoms with Crippen molar-refractivity contribution in [3.8, 4) is 0 Å². The van der Waals surface area contributed by atoms with Crippen molar-refractivity contribution in [1.82, 2.24) is 0 Å². The second kappa shape index (κ2) is 12.2. The number of hydrogen-bond donors (Lipinski definition) is 0. The van der Waals surface area contributed by atoms with Crippen molar-refractivity contribution < 1.29 is 19.1 Å². The molecule has 2 saturated carbocycles. The molecule has 0 unspecified atom stereocenters. The minimum atomic E-state index is -0.282. The van der Waals surface area contributed by atoms with Gasteiger partial charge in [-0.1, -0.05) is 45.1 Å². The van der Waals surface area contributed by atoms with Gasteiger partial charge in [0.2, 0.25) is 0 Å². The summed E-state index contributed by atoms with van der Waals surface area (Å²) in [6, 6.07) is 0. The van der Waals surface area contributed by atoms with Gasteiger partial charge >= 0.3 is 11.9 Å². The zero-order chi connectivity index (χ0) is 19.5. The number of carbonyl (C=O) groups is 2. The van der Waals surface area contributed by atoms with E-state index in [2.05, 4.69) is 6.92 Å². The summed E-state index contributed by atoms with van der Waals surface area (Å²) in [5.74, 6) is 0.502. The number of rotatable bonds is 9. The van der Waals surface area contributed by atoms with E-state index in [1.807, 2.05) is 0 Å². The second-order valence-electron chi connectivity index (χ2n) is 8.34. The summed E-state index contributed by atoms with van der Waals surface area (Å²) in [7, 11) is 0. The number of allylic oxidation sites excluding steroid dienone is 1. The Morgan fingerprint density at radius 2 is 1.48 bits per heavy atom. The lowest BCUT2D eigenvalue weighted by molar-refractivity contribution is -0.158. The van der Waals surface area contributed by atoms with Crippen molar-refractivity contribution in [2.24, 2.45) is 11.8 Å². The Labute approximate surface area is 165 Å². The molecular weight excluding hydrogens is 340 g/mol. The minimum absolute atomic E-state index is 0.0200. The maximum absolute atomic E-state index is 12.5. The molecule has 0 aromatic heterocycles. The average molecular weight is 379 g/mol. The molecule has 4 heteroatoms. The quantitative estimate of drug-likeness (QED) is 0.292. The van der Waals surface area contributed by atoms with E-state index in [1.54, 1.807) is 13.0 Å². The van der Waals surface area contributed by atoms with Crippen molar-refractivity contribution in [3.05, 3.63) is 12.2 Å². The second-order valence-corrected chi connectivity index (χ2v) is 8.34. The Morgan fingerprint density at radius 1 is 0.852 bits per heavy atom. The van der Waals surface area contributed by atoms with E-state index in [-0.39, 0.29) is 30.1 Å². The van der Waals surface area contributed by atoms with Crippen molar-refractivity contribution in [3.63, 3.8) is 0 Å².